The van der Waals surface area contributed by atoms with Crippen LogP contribution in [0.15, 0.2) is 45.8 Å². The summed E-state index contributed by atoms with van der Waals surface area (Å²) >= 11 is 4.72. The van der Waals surface area contributed by atoms with Gasteiger partial charge in [-0.3, -0.25) is 4.79 Å². The van der Waals surface area contributed by atoms with Crippen LogP contribution >= 0.6 is 34.4 Å². The number of carbonyl (C=O) groups excluding carboxylic acids is 1. The summed E-state index contributed by atoms with van der Waals surface area (Å²) in [5, 5.41) is 4.00. The fraction of sp³-hybridized carbons (Fsp3) is 0.188. The van der Waals surface area contributed by atoms with Crippen LogP contribution in [0.2, 0.25) is 0 Å². The van der Waals surface area contributed by atoms with Gasteiger partial charge in [0.1, 0.15) is 0 Å². The molecule has 7 heteroatoms. The van der Waals surface area contributed by atoms with E-state index in [9.17, 15) is 4.79 Å². The van der Waals surface area contributed by atoms with Gasteiger partial charge in [0, 0.05) is 9.75 Å². The van der Waals surface area contributed by atoms with Crippen LogP contribution in [0.1, 0.15) is 16.7 Å². The van der Waals surface area contributed by atoms with Gasteiger partial charge in [-0.15, -0.1) is 22.7 Å². The maximum atomic E-state index is 11.8. The molecule has 0 aliphatic carbocycles. The van der Waals surface area contributed by atoms with Crippen molar-refractivity contribution >= 4 is 56.8 Å². The number of rotatable bonds is 6. The summed E-state index contributed by atoms with van der Waals surface area (Å²) in [6.07, 6.45) is 2.70. The largest absolute Gasteiger partial charge is 0.272 e. The van der Waals surface area contributed by atoms with E-state index in [1.807, 2.05) is 30.3 Å². The predicted molar refractivity (Wildman–Crippen MR) is 99.8 cm³/mol. The average molecular weight is 362 g/mol. The van der Waals surface area contributed by atoms with E-state index in [2.05, 4.69) is 28.5 Å². The Morgan fingerprint density at radius 3 is 2.96 bits per heavy atom. The van der Waals surface area contributed by atoms with Crippen LogP contribution in [-0.2, 0) is 11.2 Å². The Morgan fingerprint density at radius 1 is 1.30 bits per heavy atom. The number of aryl methyl sites for hydroxylation is 1. The highest BCUT2D eigenvalue weighted by molar-refractivity contribution is 8.01. The van der Waals surface area contributed by atoms with Crippen molar-refractivity contribution in [3.63, 3.8) is 0 Å². The lowest BCUT2D eigenvalue weighted by Gasteiger charge is -1.96. The Balaban J connectivity index is 1.49. The molecule has 1 amide bonds. The number of aromatic nitrogens is 1. The van der Waals surface area contributed by atoms with Crippen LogP contribution in [0.25, 0.3) is 10.2 Å². The molecule has 23 heavy (non-hydrogen) atoms. The highest BCUT2D eigenvalue weighted by Crippen LogP contribution is 2.28. The molecule has 1 aromatic carbocycles. The second-order valence-corrected chi connectivity index (χ2v) is 8.14. The van der Waals surface area contributed by atoms with Gasteiger partial charge in [0.15, 0.2) is 4.34 Å². The Hall–Kier alpha value is -1.70. The first-order valence-electron chi connectivity index (χ1n) is 7.13. The van der Waals surface area contributed by atoms with E-state index in [0.29, 0.717) is 5.75 Å². The number of hydrogen-bond donors (Lipinski definition) is 1. The number of nitrogens with one attached hydrogen (secondary N) is 1. The predicted octanol–water partition coefficient (Wildman–Crippen LogP) is 4.16. The van der Waals surface area contributed by atoms with E-state index in [0.717, 1.165) is 25.9 Å². The molecule has 4 nitrogen and oxygen atoms in total. The van der Waals surface area contributed by atoms with E-state index in [4.69, 9.17) is 0 Å². The highest BCUT2D eigenvalue weighted by Gasteiger charge is 2.06. The van der Waals surface area contributed by atoms with Crippen LogP contribution in [0.5, 0.6) is 0 Å². The van der Waals surface area contributed by atoms with E-state index in [1.165, 1.54) is 16.6 Å². The number of thioether (sulfide) groups is 1. The van der Waals surface area contributed by atoms with Crippen molar-refractivity contribution in [1.82, 2.24) is 10.4 Å². The lowest BCUT2D eigenvalue weighted by Crippen LogP contribution is -2.19. The second-order valence-electron chi connectivity index (χ2n) is 4.69. The van der Waals surface area contributed by atoms with Crippen LogP contribution in [-0.4, -0.2) is 22.9 Å². The zero-order valence-corrected chi connectivity index (χ0v) is 14.9. The molecule has 0 atom stereocenters. The SMILES string of the molecule is CCc1ccc(C=NNC(=O)CSc2nc3ccccc3s2)s1. The molecular formula is C16H15N3OS3. The molecule has 0 aliphatic heterocycles. The van der Waals surface area contributed by atoms with Gasteiger partial charge in [-0.05, 0) is 30.7 Å². The molecule has 0 unspecified atom stereocenters. The number of amides is 1. The fourth-order valence-electron chi connectivity index (χ4n) is 1.89. The molecule has 0 spiro atoms. The number of hydrazone groups is 1. The standard InChI is InChI=1S/C16H15N3OS3/c1-2-11-7-8-12(22-11)9-17-19-15(20)10-21-16-18-13-5-3-4-6-14(13)23-16/h3-9H,2,10H2,1H3,(H,19,20). The summed E-state index contributed by atoms with van der Waals surface area (Å²) < 4.78 is 2.04. The molecule has 0 bridgehead atoms. The molecule has 118 valence electrons. The van der Waals surface area contributed by atoms with E-state index in [-0.39, 0.29) is 5.91 Å². The maximum Gasteiger partial charge on any atom is 0.250 e. The third-order valence-electron chi connectivity index (χ3n) is 3.01. The lowest BCUT2D eigenvalue weighted by atomic mass is 10.3. The molecule has 3 aromatic rings. The van der Waals surface area contributed by atoms with Crippen LogP contribution in [0.3, 0.4) is 0 Å². The van der Waals surface area contributed by atoms with Crippen molar-refractivity contribution in [3.05, 3.63) is 46.2 Å². The zero-order valence-electron chi connectivity index (χ0n) is 12.5. The minimum absolute atomic E-state index is 0.127. The van der Waals surface area contributed by atoms with Gasteiger partial charge in [0.05, 0.1) is 22.2 Å². The first kappa shape index (κ1) is 16.2. The van der Waals surface area contributed by atoms with Crippen LogP contribution in [0.4, 0.5) is 0 Å². The van der Waals surface area contributed by atoms with Crippen molar-refractivity contribution < 1.29 is 4.79 Å². The highest BCUT2D eigenvalue weighted by atomic mass is 32.2. The first-order chi connectivity index (χ1) is 11.2. The smallest absolute Gasteiger partial charge is 0.250 e. The number of nitrogens with zero attached hydrogens (tertiary/aromatic N) is 2. The Kier molecular flexibility index (Phi) is 5.43. The summed E-state index contributed by atoms with van der Waals surface area (Å²) in [4.78, 5) is 18.7. The normalized spacial score (nSPS) is 11.3. The molecule has 0 fully saturated rings. The summed E-state index contributed by atoms with van der Waals surface area (Å²) in [5.41, 5.74) is 3.53. The van der Waals surface area contributed by atoms with Crippen molar-refractivity contribution in [2.75, 3.05) is 5.75 Å². The van der Waals surface area contributed by atoms with Crippen LogP contribution in [0, 0.1) is 0 Å². The molecule has 0 saturated heterocycles. The fourth-order valence-corrected chi connectivity index (χ4v) is 4.58. The summed E-state index contributed by atoms with van der Waals surface area (Å²) in [6, 6.07) is 12.1. The number of benzene rings is 1. The minimum atomic E-state index is -0.127. The topological polar surface area (TPSA) is 54.4 Å². The maximum absolute atomic E-state index is 11.8. The van der Waals surface area contributed by atoms with Crippen molar-refractivity contribution in [2.45, 2.75) is 17.7 Å². The zero-order chi connectivity index (χ0) is 16.1. The molecule has 2 heterocycles. The van der Waals surface area contributed by atoms with Gasteiger partial charge in [-0.25, -0.2) is 10.4 Å². The van der Waals surface area contributed by atoms with E-state index >= 15 is 0 Å². The molecule has 0 aliphatic rings. The third-order valence-corrected chi connectivity index (χ3v) is 6.36. The average Bonchev–Trinajstić information content (AvgIpc) is 3.19. The van der Waals surface area contributed by atoms with E-state index in [1.54, 1.807) is 28.9 Å². The summed E-state index contributed by atoms with van der Waals surface area (Å²) in [5.74, 6) is 0.180. The third kappa shape index (κ3) is 4.40. The van der Waals surface area contributed by atoms with Gasteiger partial charge < -0.3 is 0 Å². The molecule has 1 N–H and O–H groups in total. The molecule has 2 aromatic heterocycles. The second kappa shape index (κ2) is 7.72. The summed E-state index contributed by atoms with van der Waals surface area (Å²) in [7, 11) is 0. The Morgan fingerprint density at radius 2 is 2.17 bits per heavy atom. The number of para-hydroxylation sites is 1. The van der Waals surface area contributed by atoms with Gasteiger partial charge in [0.2, 0.25) is 0 Å². The monoisotopic (exact) mass is 361 g/mol. The first-order valence-corrected chi connectivity index (χ1v) is 9.75. The molecule has 0 radical (unpaired) electrons. The molecular weight excluding hydrogens is 346 g/mol. The lowest BCUT2D eigenvalue weighted by molar-refractivity contribution is -0.118. The van der Waals surface area contributed by atoms with Gasteiger partial charge >= 0.3 is 0 Å². The van der Waals surface area contributed by atoms with Crippen molar-refractivity contribution in [1.29, 1.82) is 0 Å². The Bertz CT molecular complexity index is 805. The van der Waals surface area contributed by atoms with E-state index < -0.39 is 0 Å². The van der Waals surface area contributed by atoms with Crippen molar-refractivity contribution in [2.24, 2.45) is 5.10 Å². The van der Waals surface area contributed by atoms with Crippen LogP contribution < -0.4 is 5.43 Å². The summed E-state index contributed by atoms with van der Waals surface area (Å²) in [6.45, 7) is 2.12. The quantitative estimate of drug-likeness (QED) is 0.407. The van der Waals surface area contributed by atoms with Crippen molar-refractivity contribution in [3.8, 4) is 0 Å². The molecule has 3 rings (SSSR count). The number of thiazole rings is 1. The molecule has 0 saturated carbocycles. The Labute approximate surface area is 146 Å². The minimum Gasteiger partial charge on any atom is -0.272 e. The number of carbonyl (C=O) groups is 1. The number of thiophene rings is 1. The number of hydrogen-bond acceptors (Lipinski definition) is 6. The van der Waals surface area contributed by atoms with Gasteiger partial charge in [0.25, 0.3) is 5.91 Å². The number of fused-ring (bicyclic) bond motifs is 1. The van der Waals surface area contributed by atoms with Gasteiger partial charge in [-0.2, -0.15) is 5.10 Å². The van der Waals surface area contributed by atoms with Gasteiger partial charge in [-0.1, -0.05) is 30.8 Å².